The minimum absolute atomic E-state index is 0.0809. The van der Waals surface area contributed by atoms with Gasteiger partial charge in [-0.25, -0.2) is 0 Å². The molecule has 4 rings (SSSR count). The Hall–Kier alpha value is -3.36. The minimum Gasteiger partial charge on any atom is -0.497 e. The average molecular weight is 468 g/mol. The van der Waals surface area contributed by atoms with Crippen molar-refractivity contribution in [2.75, 3.05) is 33.4 Å². The van der Waals surface area contributed by atoms with Gasteiger partial charge >= 0.3 is 5.97 Å². The number of likely N-dealkylation sites (tertiary alicyclic amines) is 1. The first-order valence-corrected chi connectivity index (χ1v) is 11.3. The number of hydrogen-bond donors (Lipinski definition) is 2. The Balaban J connectivity index is 1.42. The van der Waals surface area contributed by atoms with E-state index in [4.69, 9.17) is 19.0 Å². The van der Waals surface area contributed by atoms with E-state index in [9.17, 15) is 14.7 Å². The van der Waals surface area contributed by atoms with Crippen LogP contribution in [0, 0.1) is 12.8 Å². The molecule has 0 radical (unpaired) electrons. The smallest absolute Gasteiger partial charge is 0.306 e. The fraction of sp³-hybridized carbons (Fsp3) is 0.385. The molecule has 1 fully saturated rings. The second kappa shape index (κ2) is 10.3. The van der Waals surface area contributed by atoms with Gasteiger partial charge in [0, 0.05) is 12.6 Å². The molecular formula is C26H29NO7. The van der Waals surface area contributed by atoms with Gasteiger partial charge in [-0.1, -0.05) is 12.1 Å². The van der Waals surface area contributed by atoms with Gasteiger partial charge in [-0.2, -0.15) is 0 Å². The highest BCUT2D eigenvalue weighted by Crippen LogP contribution is 2.27. The molecule has 0 saturated carbocycles. The zero-order valence-electron chi connectivity index (χ0n) is 19.3. The van der Waals surface area contributed by atoms with Crippen LogP contribution < -0.4 is 14.9 Å². The van der Waals surface area contributed by atoms with Crippen molar-refractivity contribution in [2.24, 2.45) is 5.92 Å². The Kier molecular flexibility index (Phi) is 7.19. The monoisotopic (exact) mass is 467 g/mol. The lowest BCUT2D eigenvalue weighted by Crippen LogP contribution is -2.42. The van der Waals surface area contributed by atoms with Gasteiger partial charge in [-0.3, -0.25) is 9.59 Å². The van der Waals surface area contributed by atoms with Crippen LogP contribution >= 0.6 is 0 Å². The summed E-state index contributed by atoms with van der Waals surface area (Å²) in [5, 5.41) is 19.9. The average Bonchev–Trinajstić information content (AvgIpc) is 2.83. The predicted molar refractivity (Wildman–Crippen MR) is 128 cm³/mol. The zero-order chi connectivity index (χ0) is 24.2. The Labute approximate surface area is 197 Å². The quantitative estimate of drug-likeness (QED) is 0.519. The molecule has 180 valence electrons. The van der Waals surface area contributed by atoms with Crippen LogP contribution in [0.5, 0.6) is 11.5 Å². The molecule has 1 aromatic heterocycles. The highest BCUT2D eigenvalue weighted by molar-refractivity contribution is 5.83. The van der Waals surface area contributed by atoms with Crippen LogP contribution in [0.25, 0.3) is 22.1 Å². The van der Waals surface area contributed by atoms with Crippen LogP contribution in [-0.2, 0) is 4.79 Å². The molecule has 2 heterocycles. The SMILES string of the molecule is COc1ccc(-c2c(C)oc3cc(OC[C@@H](O)CN4CCC(C(=O)O)CC4)ccc3c2=O)cc1. The number of carboxylic acids is 1. The molecule has 8 nitrogen and oxygen atoms in total. The number of ether oxygens (including phenoxy) is 2. The normalized spacial score (nSPS) is 15.9. The van der Waals surface area contributed by atoms with Gasteiger partial charge in [-0.15, -0.1) is 0 Å². The van der Waals surface area contributed by atoms with Crippen molar-refractivity contribution in [1.82, 2.24) is 4.90 Å². The van der Waals surface area contributed by atoms with Crippen molar-refractivity contribution in [3.05, 3.63) is 58.4 Å². The Bertz CT molecular complexity index is 1210. The van der Waals surface area contributed by atoms with E-state index in [0.29, 0.717) is 66.3 Å². The second-order valence-corrected chi connectivity index (χ2v) is 8.63. The molecule has 1 aliphatic rings. The maximum Gasteiger partial charge on any atom is 0.306 e. The number of benzene rings is 2. The number of aliphatic hydroxyl groups excluding tert-OH is 1. The summed E-state index contributed by atoms with van der Waals surface area (Å²) in [4.78, 5) is 26.3. The minimum atomic E-state index is -0.752. The summed E-state index contributed by atoms with van der Waals surface area (Å²) in [6.07, 6.45) is 0.456. The molecule has 1 atom stereocenters. The van der Waals surface area contributed by atoms with Gasteiger partial charge in [0.05, 0.1) is 24.0 Å². The number of carbonyl (C=O) groups is 1. The molecule has 34 heavy (non-hydrogen) atoms. The molecule has 1 saturated heterocycles. The molecule has 2 aromatic carbocycles. The first-order chi connectivity index (χ1) is 16.4. The first-order valence-electron chi connectivity index (χ1n) is 11.3. The number of hydrogen-bond acceptors (Lipinski definition) is 7. The van der Waals surface area contributed by atoms with Crippen molar-refractivity contribution >= 4 is 16.9 Å². The number of aryl methyl sites for hydroxylation is 1. The number of nitrogens with zero attached hydrogens (tertiary/aromatic N) is 1. The third-order valence-corrected chi connectivity index (χ3v) is 6.27. The fourth-order valence-corrected chi connectivity index (χ4v) is 4.37. The number of fused-ring (bicyclic) bond motifs is 1. The summed E-state index contributed by atoms with van der Waals surface area (Å²) in [7, 11) is 1.59. The Morgan fingerprint density at radius 1 is 1.15 bits per heavy atom. The summed E-state index contributed by atoms with van der Waals surface area (Å²) in [5.74, 6) is 0.657. The van der Waals surface area contributed by atoms with Crippen molar-refractivity contribution in [3.63, 3.8) is 0 Å². The third-order valence-electron chi connectivity index (χ3n) is 6.27. The molecule has 0 amide bonds. The van der Waals surface area contributed by atoms with Gasteiger partial charge < -0.3 is 29.0 Å². The van der Waals surface area contributed by atoms with E-state index in [1.807, 2.05) is 12.1 Å². The van der Waals surface area contributed by atoms with Crippen molar-refractivity contribution in [1.29, 1.82) is 0 Å². The van der Waals surface area contributed by atoms with Gasteiger partial charge in [0.15, 0.2) is 0 Å². The maximum atomic E-state index is 13.2. The van der Waals surface area contributed by atoms with Crippen LogP contribution in [-0.4, -0.2) is 60.5 Å². The van der Waals surface area contributed by atoms with Crippen LogP contribution in [0.4, 0.5) is 0 Å². The molecule has 2 N–H and O–H groups in total. The molecule has 1 aliphatic heterocycles. The predicted octanol–water partition coefficient (Wildman–Crippen LogP) is 3.31. The van der Waals surface area contributed by atoms with Gasteiger partial charge in [0.25, 0.3) is 0 Å². The fourth-order valence-electron chi connectivity index (χ4n) is 4.37. The van der Waals surface area contributed by atoms with E-state index in [2.05, 4.69) is 4.90 Å². The number of methoxy groups -OCH3 is 1. The van der Waals surface area contributed by atoms with E-state index in [0.717, 1.165) is 5.56 Å². The van der Waals surface area contributed by atoms with Crippen LogP contribution in [0.3, 0.4) is 0 Å². The van der Waals surface area contributed by atoms with Crippen LogP contribution in [0.15, 0.2) is 51.7 Å². The molecule has 0 bridgehead atoms. The molecule has 0 aliphatic carbocycles. The summed E-state index contributed by atoms with van der Waals surface area (Å²) in [6, 6.07) is 12.3. The number of rotatable bonds is 8. The molecule has 3 aromatic rings. The number of β-amino-alcohol motifs (C(OH)–C–C–N with tert-alkyl or cyclic N) is 1. The highest BCUT2D eigenvalue weighted by atomic mass is 16.5. The number of piperidine rings is 1. The summed E-state index contributed by atoms with van der Waals surface area (Å²) < 4.78 is 16.9. The molecular weight excluding hydrogens is 438 g/mol. The van der Waals surface area contributed by atoms with E-state index in [-0.39, 0.29) is 18.0 Å². The van der Waals surface area contributed by atoms with Gasteiger partial charge in [-0.05, 0) is 62.7 Å². The largest absolute Gasteiger partial charge is 0.497 e. The lowest BCUT2D eigenvalue weighted by Gasteiger charge is -2.31. The topological polar surface area (TPSA) is 109 Å². The Morgan fingerprint density at radius 3 is 2.47 bits per heavy atom. The second-order valence-electron chi connectivity index (χ2n) is 8.63. The standard InChI is InChI=1S/C26H29NO7/c1-16-24(17-3-5-20(32-2)6-4-17)25(29)22-8-7-21(13-23(22)34-16)33-15-19(28)14-27-11-9-18(10-12-27)26(30)31/h3-8,13,18-19,28H,9-12,14-15H2,1-2H3,(H,30,31)/t19-/m0/s1. The number of aliphatic carboxylic acids is 1. The van der Waals surface area contributed by atoms with Crippen LogP contribution in [0.1, 0.15) is 18.6 Å². The van der Waals surface area contributed by atoms with E-state index in [1.165, 1.54) is 0 Å². The van der Waals surface area contributed by atoms with Crippen LogP contribution in [0.2, 0.25) is 0 Å². The summed E-state index contributed by atoms with van der Waals surface area (Å²) >= 11 is 0. The van der Waals surface area contributed by atoms with Gasteiger partial charge in [0.1, 0.15) is 35.6 Å². The lowest BCUT2D eigenvalue weighted by molar-refractivity contribution is -0.143. The molecule has 8 heteroatoms. The number of carboxylic acid groups (broad SMARTS) is 1. The van der Waals surface area contributed by atoms with E-state index in [1.54, 1.807) is 44.4 Å². The van der Waals surface area contributed by atoms with E-state index >= 15 is 0 Å². The van der Waals surface area contributed by atoms with Gasteiger partial charge in [0.2, 0.25) is 5.43 Å². The van der Waals surface area contributed by atoms with E-state index < -0.39 is 12.1 Å². The van der Waals surface area contributed by atoms with Crippen molar-refractivity contribution < 1.29 is 28.9 Å². The summed E-state index contributed by atoms with van der Waals surface area (Å²) in [6.45, 7) is 3.54. The van der Waals surface area contributed by atoms with Crippen molar-refractivity contribution in [2.45, 2.75) is 25.9 Å². The molecule has 0 unspecified atom stereocenters. The maximum absolute atomic E-state index is 13.2. The molecule has 0 spiro atoms. The first kappa shape index (κ1) is 23.8. The Morgan fingerprint density at radius 2 is 1.82 bits per heavy atom. The highest BCUT2D eigenvalue weighted by Gasteiger charge is 2.25. The summed E-state index contributed by atoms with van der Waals surface area (Å²) in [5.41, 5.74) is 1.55. The number of aliphatic hydroxyl groups is 1. The zero-order valence-corrected chi connectivity index (χ0v) is 19.3. The van der Waals surface area contributed by atoms with Crippen molar-refractivity contribution in [3.8, 4) is 22.6 Å². The third kappa shape index (κ3) is 5.24. The lowest BCUT2D eigenvalue weighted by atomic mass is 9.97.